The highest BCUT2D eigenvalue weighted by Crippen LogP contribution is 2.65. The smallest absolute Gasteiger partial charge is 0.407 e. The van der Waals surface area contributed by atoms with Crippen molar-refractivity contribution in [3.05, 3.63) is 59.7 Å². The first-order valence-corrected chi connectivity index (χ1v) is 12.5. The van der Waals surface area contributed by atoms with Gasteiger partial charge in [-0.3, -0.25) is 9.59 Å². The van der Waals surface area contributed by atoms with Gasteiger partial charge in [0.1, 0.15) is 12.0 Å². The van der Waals surface area contributed by atoms with Gasteiger partial charge in [-0.2, -0.15) is 0 Å². The minimum atomic E-state index is -0.824. The van der Waals surface area contributed by atoms with Crippen molar-refractivity contribution < 1.29 is 24.2 Å². The number of likely N-dealkylation sites (tertiary alicyclic amines) is 1. The van der Waals surface area contributed by atoms with Gasteiger partial charge in [-0.05, 0) is 53.9 Å². The fourth-order valence-electron chi connectivity index (χ4n) is 6.73. The van der Waals surface area contributed by atoms with E-state index in [1.54, 1.807) is 4.90 Å². The van der Waals surface area contributed by atoms with E-state index in [0.29, 0.717) is 12.8 Å². The summed E-state index contributed by atoms with van der Waals surface area (Å²) in [6.45, 7) is 2.70. The Labute approximate surface area is 204 Å². The van der Waals surface area contributed by atoms with Crippen molar-refractivity contribution in [2.24, 2.45) is 16.7 Å². The molecular weight excluding hydrogens is 444 g/mol. The van der Waals surface area contributed by atoms with Gasteiger partial charge in [-0.15, -0.1) is 0 Å². The van der Waals surface area contributed by atoms with Gasteiger partial charge in [0.05, 0.1) is 5.41 Å². The summed E-state index contributed by atoms with van der Waals surface area (Å²) in [5, 5.41) is 12.5. The lowest BCUT2D eigenvalue weighted by molar-refractivity contribution is -0.168. The molecule has 2 aromatic carbocycles. The van der Waals surface area contributed by atoms with Crippen LogP contribution in [0.1, 0.15) is 49.7 Å². The van der Waals surface area contributed by atoms with E-state index in [9.17, 15) is 19.5 Å². The summed E-state index contributed by atoms with van der Waals surface area (Å²) >= 11 is 0. The zero-order valence-corrected chi connectivity index (χ0v) is 19.8. The Kier molecular flexibility index (Phi) is 4.95. The molecule has 182 valence electrons. The lowest BCUT2D eigenvalue weighted by Crippen LogP contribution is -2.63. The van der Waals surface area contributed by atoms with Crippen molar-refractivity contribution >= 4 is 18.0 Å². The molecule has 4 aliphatic rings. The number of aliphatic carboxylic acids is 1. The number of hydrogen-bond acceptors (Lipinski definition) is 4. The topological polar surface area (TPSA) is 95.9 Å². The Morgan fingerprint density at radius 2 is 1.66 bits per heavy atom. The molecule has 0 spiro atoms. The Morgan fingerprint density at radius 3 is 2.26 bits per heavy atom. The van der Waals surface area contributed by atoms with Crippen molar-refractivity contribution in [3.63, 3.8) is 0 Å². The highest BCUT2D eigenvalue weighted by Gasteiger charge is 2.68. The number of ether oxygens (including phenoxy) is 1. The van der Waals surface area contributed by atoms with Crippen molar-refractivity contribution in [2.75, 3.05) is 19.7 Å². The van der Waals surface area contributed by atoms with Crippen LogP contribution in [0.25, 0.3) is 11.1 Å². The summed E-state index contributed by atoms with van der Waals surface area (Å²) < 4.78 is 5.68. The van der Waals surface area contributed by atoms with Gasteiger partial charge in [0.25, 0.3) is 0 Å². The predicted octanol–water partition coefficient (Wildman–Crippen LogP) is 4.02. The van der Waals surface area contributed by atoms with Gasteiger partial charge in [-0.25, -0.2) is 4.79 Å². The van der Waals surface area contributed by atoms with Crippen LogP contribution in [0.5, 0.6) is 0 Å². The predicted molar refractivity (Wildman–Crippen MR) is 129 cm³/mol. The molecule has 35 heavy (non-hydrogen) atoms. The van der Waals surface area contributed by atoms with Crippen molar-refractivity contribution in [2.45, 2.75) is 44.6 Å². The number of nitrogens with one attached hydrogen (secondary N) is 1. The molecule has 7 heteroatoms. The molecule has 3 aliphatic carbocycles. The molecule has 1 aliphatic heterocycles. The standard InChI is InChI=1S/C28H30N2O5/c1-2-27(25(32)33)15-30(16-27)24(31)28-12-17(28)11-18(13-28)29-26(34)35-14-23-21-9-5-3-7-19(21)20-8-4-6-10-22(20)23/h3-10,17-18,23H,2,11-16H2,1H3,(H,29,34)(H,32,33)/t17-,18+,28+/m0/s1. The van der Waals surface area contributed by atoms with Crippen LogP contribution in [0, 0.1) is 16.7 Å². The molecule has 0 radical (unpaired) electrons. The third-order valence-electron chi connectivity index (χ3n) is 8.91. The fourth-order valence-corrected chi connectivity index (χ4v) is 6.73. The molecule has 0 bridgehead atoms. The third kappa shape index (κ3) is 3.35. The SMILES string of the molecule is CCC1(C(=O)O)CN(C(=O)[C@]23C[C@H](NC(=O)OCC4c5ccccc5-c5ccccc54)C[C@H]2C3)C1. The first-order chi connectivity index (χ1) is 16.9. The lowest BCUT2D eigenvalue weighted by atomic mass is 9.76. The van der Waals surface area contributed by atoms with Crippen molar-refractivity contribution in [1.29, 1.82) is 0 Å². The van der Waals surface area contributed by atoms with Crippen LogP contribution in [0.3, 0.4) is 0 Å². The first-order valence-electron chi connectivity index (χ1n) is 12.5. The second-order valence-corrected chi connectivity index (χ2v) is 10.8. The van der Waals surface area contributed by atoms with Crippen molar-refractivity contribution in [3.8, 4) is 11.1 Å². The van der Waals surface area contributed by atoms with E-state index in [0.717, 1.165) is 12.8 Å². The molecule has 1 saturated heterocycles. The van der Waals surface area contributed by atoms with Gasteiger partial charge >= 0.3 is 12.1 Å². The zero-order chi connectivity index (χ0) is 24.4. The molecule has 3 fully saturated rings. The number of rotatable bonds is 6. The Balaban J connectivity index is 1.05. The van der Waals surface area contributed by atoms with Gasteiger partial charge in [0, 0.05) is 25.0 Å². The summed E-state index contributed by atoms with van der Waals surface area (Å²) in [6.07, 6.45) is 2.28. The van der Waals surface area contributed by atoms with Gasteiger partial charge in [0.2, 0.25) is 5.91 Å². The number of carboxylic acid groups (broad SMARTS) is 1. The van der Waals surface area contributed by atoms with E-state index in [1.807, 2.05) is 31.2 Å². The van der Waals surface area contributed by atoms with E-state index >= 15 is 0 Å². The highest BCUT2D eigenvalue weighted by molar-refractivity contribution is 5.90. The molecule has 1 heterocycles. The molecule has 6 rings (SSSR count). The summed E-state index contributed by atoms with van der Waals surface area (Å²) in [5.41, 5.74) is 3.50. The molecule has 0 unspecified atom stereocenters. The average molecular weight is 475 g/mol. The van der Waals surface area contributed by atoms with Crippen LogP contribution in [0.15, 0.2) is 48.5 Å². The maximum atomic E-state index is 13.2. The number of carbonyl (C=O) groups excluding carboxylic acids is 2. The minimum Gasteiger partial charge on any atom is -0.481 e. The Hall–Kier alpha value is -3.35. The number of carbonyl (C=O) groups is 3. The van der Waals surface area contributed by atoms with E-state index in [4.69, 9.17) is 4.74 Å². The summed E-state index contributed by atoms with van der Waals surface area (Å²) in [4.78, 5) is 39.1. The minimum absolute atomic E-state index is 0.0116. The quantitative estimate of drug-likeness (QED) is 0.659. The maximum absolute atomic E-state index is 13.2. The molecular formula is C28H30N2O5. The number of amides is 2. The summed E-state index contributed by atoms with van der Waals surface area (Å²) in [7, 11) is 0. The number of hydrogen-bond donors (Lipinski definition) is 2. The number of nitrogens with zero attached hydrogens (tertiary/aromatic N) is 1. The molecule has 2 saturated carbocycles. The van der Waals surface area contributed by atoms with Crippen LogP contribution < -0.4 is 5.32 Å². The van der Waals surface area contributed by atoms with E-state index in [-0.39, 0.29) is 43.5 Å². The van der Waals surface area contributed by atoms with E-state index < -0.39 is 22.9 Å². The van der Waals surface area contributed by atoms with Crippen molar-refractivity contribution in [1.82, 2.24) is 10.2 Å². The maximum Gasteiger partial charge on any atom is 0.407 e. The van der Waals surface area contributed by atoms with Crippen LogP contribution in [0.2, 0.25) is 0 Å². The average Bonchev–Trinajstić information content (AvgIpc) is 3.25. The molecule has 2 N–H and O–H groups in total. The van der Waals surface area contributed by atoms with Crippen LogP contribution in [-0.2, 0) is 14.3 Å². The molecule has 3 atom stereocenters. The Morgan fingerprint density at radius 1 is 1.03 bits per heavy atom. The van der Waals surface area contributed by atoms with Gasteiger partial charge in [-0.1, -0.05) is 55.5 Å². The summed E-state index contributed by atoms with van der Waals surface area (Å²) in [5.74, 6) is -0.493. The highest BCUT2D eigenvalue weighted by atomic mass is 16.5. The lowest BCUT2D eigenvalue weighted by Gasteiger charge is -2.48. The van der Waals surface area contributed by atoms with Crippen LogP contribution >= 0.6 is 0 Å². The summed E-state index contributed by atoms with van der Waals surface area (Å²) in [6, 6.07) is 16.4. The second kappa shape index (κ2) is 7.83. The fraction of sp³-hybridized carbons (Fsp3) is 0.464. The zero-order valence-electron chi connectivity index (χ0n) is 19.8. The number of alkyl carbamates (subject to hydrolysis) is 1. The second-order valence-electron chi connectivity index (χ2n) is 10.8. The van der Waals surface area contributed by atoms with Gasteiger partial charge < -0.3 is 20.1 Å². The molecule has 7 nitrogen and oxygen atoms in total. The molecule has 2 aromatic rings. The molecule has 0 aromatic heterocycles. The number of carboxylic acids is 1. The van der Waals surface area contributed by atoms with Crippen LogP contribution in [-0.4, -0.2) is 53.7 Å². The van der Waals surface area contributed by atoms with Crippen LogP contribution in [0.4, 0.5) is 4.79 Å². The number of fused-ring (bicyclic) bond motifs is 4. The normalized spacial score (nSPS) is 27.3. The third-order valence-corrected chi connectivity index (χ3v) is 8.91. The first kappa shape index (κ1) is 22.1. The molecule has 2 amide bonds. The number of benzene rings is 2. The monoisotopic (exact) mass is 474 g/mol. The van der Waals surface area contributed by atoms with Gasteiger partial charge in [0.15, 0.2) is 0 Å². The van der Waals surface area contributed by atoms with E-state index in [1.165, 1.54) is 22.3 Å². The Bertz CT molecular complexity index is 1170. The largest absolute Gasteiger partial charge is 0.481 e. The van der Waals surface area contributed by atoms with E-state index in [2.05, 4.69) is 29.6 Å².